The van der Waals surface area contributed by atoms with Gasteiger partial charge in [0.2, 0.25) is 0 Å². The van der Waals surface area contributed by atoms with Gasteiger partial charge in [0.25, 0.3) is 0 Å². The average Bonchev–Trinajstić information content (AvgIpc) is 2.61. The maximum Gasteiger partial charge on any atom is 0.169 e. The van der Waals surface area contributed by atoms with E-state index >= 15 is 0 Å². The summed E-state index contributed by atoms with van der Waals surface area (Å²) in [5.41, 5.74) is 3.50. The van der Waals surface area contributed by atoms with Crippen molar-refractivity contribution in [3.63, 3.8) is 0 Å². The van der Waals surface area contributed by atoms with Gasteiger partial charge in [-0.2, -0.15) is 0 Å². The predicted molar refractivity (Wildman–Crippen MR) is 59.6 cm³/mol. The normalized spacial score (nSPS) is 23.5. The van der Waals surface area contributed by atoms with Crippen LogP contribution in [0.4, 0.5) is 0 Å². The van der Waals surface area contributed by atoms with Gasteiger partial charge in [0, 0.05) is 23.4 Å². The number of hydrogen-bond donors (Lipinski definition) is 1. The largest absolute Gasteiger partial charge is 0.306 e. The van der Waals surface area contributed by atoms with Crippen LogP contribution in [0.15, 0.2) is 36.2 Å². The molecule has 0 saturated carbocycles. The van der Waals surface area contributed by atoms with Crippen LogP contribution in [0.25, 0.3) is 0 Å². The molecule has 2 aliphatic heterocycles. The van der Waals surface area contributed by atoms with Crippen molar-refractivity contribution in [1.82, 2.24) is 10.4 Å². The number of nitrogens with one attached hydrogen (secondary N) is 1. The molecule has 0 aliphatic carbocycles. The third kappa shape index (κ3) is 1.82. The number of rotatable bonds is 1. The van der Waals surface area contributed by atoms with E-state index < -0.39 is 0 Å². The Bertz CT molecular complexity index is 372. The fourth-order valence-electron chi connectivity index (χ4n) is 1.65. The van der Waals surface area contributed by atoms with Crippen LogP contribution in [0.1, 0.15) is 20.8 Å². The minimum atomic E-state index is -0.323. The summed E-state index contributed by atoms with van der Waals surface area (Å²) in [5.74, 6) is 0.172. The molecular formula is C12H16N2O. The van der Waals surface area contributed by atoms with E-state index in [1.54, 1.807) is 0 Å². The van der Waals surface area contributed by atoms with Crippen molar-refractivity contribution in [3.05, 3.63) is 36.2 Å². The van der Waals surface area contributed by atoms with Crippen molar-refractivity contribution in [1.29, 1.82) is 0 Å². The van der Waals surface area contributed by atoms with Crippen LogP contribution in [0.5, 0.6) is 0 Å². The molecule has 1 atom stereocenters. The lowest BCUT2D eigenvalue weighted by Gasteiger charge is -2.26. The third-order valence-electron chi connectivity index (χ3n) is 2.53. The van der Waals surface area contributed by atoms with Crippen LogP contribution >= 0.6 is 0 Å². The van der Waals surface area contributed by atoms with Crippen LogP contribution in [0.3, 0.4) is 0 Å². The lowest BCUT2D eigenvalue weighted by molar-refractivity contribution is -0.122. The van der Waals surface area contributed by atoms with Crippen molar-refractivity contribution in [2.75, 3.05) is 0 Å². The molecule has 3 heteroatoms. The minimum absolute atomic E-state index is 0.172. The van der Waals surface area contributed by atoms with Crippen molar-refractivity contribution >= 4 is 5.78 Å². The second-order valence-corrected chi connectivity index (χ2v) is 4.91. The highest BCUT2D eigenvalue weighted by atomic mass is 16.1. The fraction of sp³-hybridized carbons (Fsp3) is 0.417. The van der Waals surface area contributed by atoms with E-state index in [0.29, 0.717) is 0 Å². The van der Waals surface area contributed by atoms with E-state index in [-0.39, 0.29) is 17.2 Å². The lowest BCUT2D eigenvalue weighted by Crippen LogP contribution is -2.35. The Morgan fingerprint density at radius 3 is 2.80 bits per heavy atom. The topological polar surface area (TPSA) is 32.3 Å². The summed E-state index contributed by atoms with van der Waals surface area (Å²) in [6.07, 6.45) is 9.74. The first kappa shape index (κ1) is 10.0. The van der Waals surface area contributed by atoms with Crippen molar-refractivity contribution < 1.29 is 4.79 Å². The lowest BCUT2D eigenvalue weighted by atomic mass is 9.85. The van der Waals surface area contributed by atoms with Gasteiger partial charge < -0.3 is 5.43 Å². The Labute approximate surface area is 90.1 Å². The first-order valence-corrected chi connectivity index (χ1v) is 5.14. The van der Waals surface area contributed by atoms with Crippen molar-refractivity contribution in [3.8, 4) is 0 Å². The van der Waals surface area contributed by atoms with Gasteiger partial charge in [-0.05, 0) is 6.08 Å². The summed E-state index contributed by atoms with van der Waals surface area (Å²) in [6.45, 7) is 5.81. The Hall–Kier alpha value is -1.51. The van der Waals surface area contributed by atoms with E-state index in [0.717, 1.165) is 5.57 Å². The number of Topliss-reactive ketones (excluding diaryl/α,β-unsaturated/α-hetero) is 1. The highest BCUT2D eigenvalue weighted by Crippen LogP contribution is 2.24. The van der Waals surface area contributed by atoms with Crippen LogP contribution in [0, 0.1) is 5.41 Å². The summed E-state index contributed by atoms with van der Waals surface area (Å²) in [5, 5.41) is 1.93. The van der Waals surface area contributed by atoms with Gasteiger partial charge in [0.05, 0.1) is 6.04 Å². The second-order valence-electron chi connectivity index (χ2n) is 4.91. The molecule has 3 nitrogen and oxygen atoms in total. The SMILES string of the molecule is CC(C)(C)C(=O)C1=CN2NC=CC2C=C1. The number of hydrazine groups is 1. The summed E-state index contributed by atoms with van der Waals surface area (Å²) in [7, 11) is 0. The molecule has 0 radical (unpaired) electrons. The summed E-state index contributed by atoms with van der Waals surface area (Å²) >= 11 is 0. The molecule has 1 N–H and O–H groups in total. The average molecular weight is 204 g/mol. The van der Waals surface area contributed by atoms with Gasteiger partial charge in [-0.1, -0.05) is 32.9 Å². The molecule has 0 aromatic rings. The van der Waals surface area contributed by atoms with Crippen LogP contribution in [-0.2, 0) is 4.79 Å². The highest BCUT2D eigenvalue weighted by Gasteiger charge is 2.27. The van der Waals surface area contributed by atoms with Crippen molar-refractivity contribution in [2.45, 2.75) is 26.8 Å². The maximum atomic E-state index is 12.0. The molecule has 1 unspecified atom stereocenters. The van der Waals surface area contributed by atoms with Gasteiger partial charge in [-0.25, -0.2) is 0 Å². The van der Waals surface area contributed by atoms with Gasteiger partial charge in [0.15, 0.2) is 5.78 Å². The number of fused-ring (bicyclic) bond motifs is 1. The molecule has 2 heterocycles. The van der Waals surface area contributed by atoms with Crippen LogP contribution in [-0.4, -0.2) is 16.8 Å². The minimum Gasteiger partial charge on any atom is -0.306 e. The Kier molecular flexibility index (Phi) is 2.18. The number of ketones is 1. The first-order valence-electron chi connectivity index (χ1n) is 5.14. The number of nitrogens with zero attached hydrogens (tertiary/aromatic N) is 1. The van der Waals surface area contributed by atoms with Crippen LogP contribution < -0.4 is 5.43 Å². The highest BCUT2D eigenvalue weighted by molar-refractivity contribution is 6.01. The Morgan fingerprint density at radius 2 is 2.13 bits per heavy atom. The number of carbonyl (C=O) groups is 1. The van der Waals surface area contributed by atoms with E-state index in [1.807, 2.05) is 56.4 Å². The van der Waals surface area contributed by atoms with Gasteiger partial charge in [0.1, 0.15) is 0 Å². The molecule has 0 aromatic carbocycles. The number of allylic oxidation sites excluding steroid dienone is 2. The zero-order chi connectivity index (χ0) is 11.1. The smallest absolute Gasteiger partial charge is 0.169 e. The predicted octanol–water partition coefficient (Wildman–Crippen LogP) is 1.76. The number of carbonyl (C=O) groups excluding carboxylic acids is 1. The van der Waals surface area contributed by atoms with Gasteiger partial charge >= 0.3 is 0 Å². The van der Waals surface area contributed by atoms with E-state index in [9.17, 15) is 4.79 Å². The molecule has 0 aromatic heterocycles. The van der Waals surface area contributed by atoms with Gasteiger partial charge in [-0.3, -0.25) is 9.80 Å². The van der Waals surface area contributed by atoms with Crippen molar-refractivity contribution in [2.24, 2.45) is 5.41 Å². The summed E-state index contributed by atoms with van der Waals surface area (Å²) < 4.78 is 0. The molecule has 15 heavy (non-hydrogen) atoms. The quantitative estimate of drug-likeness (QED) is 0.706. The zero-order valence-electron chi connectivity index (χ0n) is 9.32. The molecule has 2 rings (SSSR count). The monoisotopic (exact) mass is 204 g/mol. The molecule has 0 saturated heterocycles. The van der Waals surface area contributed by atoms with E-state index in [2.05, 4.69) is 5.43 Å². The summed E-state index contributed by atoms with van der Waals surface area (Å²) in [6, 6.07) is 0.251. The standard InChI is InChI=1S/C12H16N2O/c1-12(2,3)11(15)9-4-5-10-6-7-13-14(10)8-9/h4-8,10,13H,1-3H3. The Balaban J connectivity index is 2.20. The molecule has 0 spiro atoms. The fourth-order valence-corrected chi connectivity index (χ4v) is 1.65. The molecule has 0 amide bonds. The molecular weight excluding hydrogens is 188 g/mol. The third-order valence-corrected chi connectivity index (χ3v) is 2.53. The summed E-state index contributed by atoms with van der Waals surface area (Å²) in [4.78, 5) is 12.0. The maximum absolute atomic E-state index is 12.0. The van der Waals surface area contributed by atoms with E-state index in [4.69, 9.17) is 0 Å². The van der Waals surface area contributed by atoms with E-state index in [1.165, 1.54) is 0 Å². The van der Waals surface area contributed by atoms with Gasteiger partial charge in [-0.15, -0.1) is 0 Å². The van der Waals surface area contributed by atoms with Crippen LogP contribution in [0.2, 0.25) is 0 Å². The molecule has 0 fully saturated rings. The second kappa shape index (κ2) is 3.26. The molecule has 2 aliphatic rings. The first-order chi connectivity index (χ1) is 6.98. The zero-order valence-corrected chi connectivity index (χ0v) is 9.32. The molecule has 0 bridgehead atoms. The Morgan fingerprint density at radius 1 is 1.40 bits per heavy atom. The number of hydrogen-bond acceptors (Lipinski definition) is 3. The molecule has 80 valence electrons.